The van der Waals surface area contributed by atoms with Crippen molar-refractivity contribution in [3.05, 3.63) is 40.2 Å². The van der Waals surface area contributed by atoms with E-state index in [0.29, 0.717) is 17.6 Å². The van der Waals surface area contributed by atoms with Crippen LogP contribution < -0.4 is 15.2 Å². The predicted molar refractivity (Wildman–Crippen MR) is 134 cm³/mol. The van der Waals surface area contributed by atoms with Gasteiger partial charge in [-0.15, -0.1) is 0 Å². The zero-order chi connectivity index (χ0) is 27.9. The lowest BCUT2D eigenvalue weighted by atomic mass is 9.87. The molecule has 1 fully saturated rings. The Morgan fingerprint density at radius 1 is 1.18 bits per heavy atom. The summed E-state index contributed by atoms with van der Waals surface area (Å²) in [6, 6.07) is 2.85. The van der Waals surface area contributed by atoms with Gasteiger partial charge in [-0.1, -0.05) is 26.7 Å². The SMILES string of the molecule is COc1cc(OC)c(F)c(C#Cc2nn([C@H]3CCN(C(=O)O)C3)c3c(C#N)c(C(C)(C)C)nc(N)c23)c1F. The average molecular weight is 525 g/mol. The van der Waals surface area contributed by atoms with E-state index in [-0.39, 0.29) is 47.1 Å². The zero-order valence-electron chi connectivity index (χ0n) is 21.5. The Kier molecular flexibility index (Phi) is 6.77. The molecule has 4 rings (SSSR count). The quantitative estimate of drug-likeness (QED) is 0.493. The van der Waals surface area contributed by atoms with Crippen LogP contribution in [0.2, 0.25) is 0 Å². The normalized spacial score (nSPS) is 15.2. The van der Waals surface area contributed by atoms with Crippen LogP contribution in [0.25, 0.3) is 10.9 Å². The molecule has 2 aromatic heterocycles. The molecule has 1 aliphatic heterocycles. The molecule has 3 aromatic rings. The van der Waals surface area contributed by atoms with Gasteiger partial charge in [0, 0.05) is 24.6 Å². The number of methoxy groups -OCH3 is 2. The molecule has 0 unspecified atom stereocenters. The highest BCUT2D eigenvalue weighted by Crippen LogP contribution is 2.37. The lowest BCUT2D eigenvalue weighted by Crippen LogP contribution is -2.27. The number of hydrogen-bond donors (Lipinski definition) is 2. The summed E-state index contributed by atoms with van der Waals surface area (Å²) in [5, 5.41) is 24.4. The number of likely N-dealkylation sites (tertiary alicyclic amines) is 1. The summed E-state index contributed by atoms with van der Waals surface area (Å²) >= 11 is 0. The molecule has 0 radical (unpaired) electrons. The summed E-state index contributed by atoms with van der Waals surface area (Å²) in [5.41, 5.74) is 6.24. The van der Waals surface area contributed by atoms with Crippen LogP contribution in [0.3, 0.4) is 0 Å². The number of nitriles is 1. The van der Waals surface area contributed by atoms with E-state index in [1.165, 1.54) is 23.8 Å². The van der Waals surface area contributed by atoms with E-state index in [0.717, 1.165) is 6.07 Å². The Hall–Kier alpha value is -4.58. The maximum Gasteiger partial charge on any atom is 0.407 e. The van der Waals surface area contributed by atoms with Gasteiger partial charge >= 0.3 is 6.09 Å². The van der Waals surface area contributed by atoms with Gasteiger partial charge in [0.25, 0.3) is 0 Å². The first-order valence-electron chi connectivity index (χ1n) is 11.6. The number of anilines is 1. The third-order valence-corrected chi connectivity index (χ3v) is 6.35. The molecule has 0 saturated carbocycles. The maximum atomic E-state index is 14.9. The van der Waals surface area contributed by atoms with Crippen LogP contribution in [0, 0.1) is 34.8 Å². The number of hydrogen-bond acceptors (Lipinski definition) is 7. The molecule has 38 heavy (non-hydrogen) atoms. The van der Waals surface area contributed by atoms with Crippen molar-refractivity contribution in [1.82, 2.24) is 19.7 Å². The second-order valence-electron chi connectivity index (χ2n) is 9.80. The number of aromatic nitrogens is 3. The first kappa shape index (κ1) is 26.5. The molecule has 10 nitrogen and oxygen atoms in total. The van der Waals surface area contributed by atoms with Crippen molar-refractivity contribution in [1.29, 1.82) is 5.26 Å². The van der Waals surface area contributed by atoms with Gasteiger partial charge in [0.2, 0.25) is 0 Å². The molecule has 0 spiro atoms. The van der Waals surface area contributed by atoms with Crippen LogP contribution in [-0.2, 0) is 5.41 Å². The Bertz CT molecular complexity index is 1530. The summed E-state index contributed by atoms with van der Waals surface area (Å²) in [4.78, 5) is 17.3. The molecule has 3 heterocycles. The van der Waals surface area contributed by atoms with E-state index < -0.39 is 34.7 Å². The fourth-order valence-electron chi connectivity index (χ4n) is 4.49. The smallest absolute Gasteiger partial charge is 0.407 e. The van der Waals surface area contributed by atoms with Crippen molar-refractivity contribution >= 4 is 22.8 Å². The number of rotatable bonds is 3. The molecular formula is C26H26F2N6O4. The number of fused-ring (bicyclic) bond motifs is 1. The van der Waals surface area contributed by atoms with Gasteiger partial charge in [0.15, 0.2) is 23.1 Å². The van der Waals surface area contributed by atoms with Crippen molar-refractivity contribution in [2.24, 2.45) is 0 Å². The van der Waals surface area contributed by atoms with E-state index in [1.807, 2.05) is 20.8 Å². The topological polar surface area (TPSA) is 140 Å². The first-order valence-corrected chi connectivity index (χ1v) is 11.6. The van der Waals surface area contributed by atoms with Crippen LogP contribution in [0.4, 0.5) is 19.4 Å². The Labute approximate surface area is 217 Å². The molecule has 12 heteroatoms. The van der Waals surface area contributed by atoms with Gasteiger partial charge in [0.1, 0.15) is 28.7 Å². The molecule has 0 aliphatic carbocycles. The summed E-state index contributed by atoms with van der Waals surface area (Å²) in [6.07, 6.45) is -0.636. The standard InChI is InChI=1S/C26H26F2N6O4/c1-26(2,3)23-15(11-29)22-19(24(30)31-23)16(32-34(22)13-8-9-33(12-13)25(35)36)7-6-14-20(27)17(37-4)10-18(38-5)21(14)28/h10,13H,8-9,12H2,1-5H3,(H2,30,31)(H,35,36)/t13-/m0/s1. The Balaban J connectivity index is 2.01. The molecule has 3 N–H and O–H groups in total. The van der Waals surface area contributed by atoms with Crippen molar-refractivity contribution in [2.45, 2.75) is 38.6 Å². The number of benzene rings is 1. The highest BCUT2D eigenvalue weighted by molar-refractivity contribution is 5.97. The Morgan fingerprint density at radius 2 is 1.82 bits per heavy atom. The molecule has 0 bridgehead atoms. The number of nitrogens with two attached hydrogens (primary N) is 1. The van der Waals surface area contributed by atoms with Crippen LogP contribution >= 0.6 is 0 Å². The number of carbonyl (C=O) groups is 1. The van der Waals surface area contributed by atoms with Crippen molar-refractivity contribution in [3.63, 3.8) is 0 Å². The number of nitrogen functional groups attached to an aromatic ring is 1. The molecular weight excluding hydrogens is 498 g/mol. The van der Waals surface area contributed by atoms with E-state index in [9.17, 15) is 23.9 Å². The lowest BCUT2D eigenvalue weighted by Gasteiger charge is -2.21. The number of pyridine rings is 1. The van der Waals surface area contributed by atoms with Gasteiger partial charge < -0.3 is 25.2 Å². The molecule has 1 amide bonds. The van der Waals surface area contributed by atoms with Gasteiger partial charge in [-0.3, -0.25) is 4.68 Å². The van der Waals surface area contributed by atoms with E-state index in [2.05, 4.69) is 28.0 Å². The average Bonchev–Trinajstić information content (AvgIpc) is 3.49. The van der Waals surface area contributed by atoms with Gasteiger partial charge in [-0.2, -0.15) is 10.4 Å². The molecule has 1 aliphatic rings. The maximum absolute atomic E-state index is 14.9. The molecule has 1 saturated heterocycles. The second-order valence-corrected chi connectivity index (χ2v) is 9.80. The minimum absolute atomic E-state index is 0.0383. The minimum atomic E-state index is -1.07. The molecule has 1 aromatic carbocycles. The number of ether oxygens (including phenoxy) is 2. The van der Waals surface area contributed by atoms with Crippen LogP contribution in [0.5, 0.6) is 11.5 Å². The fraction of sp³-hybridized carbons (Fsp3) is 0.385. The summed E-state index contributed by atoms with van der Waals surface area (Å²) < 4.78 is 41.3. The number of amides is 1. The third kappa shape index (κ3) is 4.39. The van der Waals surface area contributed by atoms with E-state index >= 15 is 0 Å². The van der Waals surface area contributed by atoms with Crippen LogP contribution in [0.15, 0.2) is 6.07 Å². The largest absolute Gasteiger partial charge is 0.493 e. The van der Waals surface area contributed by atoms with Crippen LogP contribution in [0.1, 0.15) is 55.7 Å². The number of nitrogens with zero attached hydrogens (tertiary/aromatic N) is 5. The predicted octanol–water partition coefficient (Wildman–Crippen LogP) is 3.80. The van der Waals surface area contributed by atoms with Gasteiger partial charge in [-0.25, -0.2) is 18.6 Å². The van der Waals surface area contributed by atoms with E-state index in [4.69, 9.17) is 15.2 Å². The second kappa shape index (κ2) is 9.71. The zero-order valence-corrected chi connectivity index (χ0v) is 21.5. The van der Waals surface area contributed by atoms with Gasteiger partial charge in [0.05, 0.1) is 36.9 Å². The number of halogens is 2. The lowest BCUT2D eigenvalue weighted by molar-refractivity contribution is 0.154. The summed E-state index contributed by atoms with van der Waals surface area (Å²) in [7, 11) is 2.46. The van der Waals surface area contributed by atoms with E-state index in [1.54, 1.807) is 0 Å². The minimum Gasteiger partial charge on any atom is -0.493 e. The van der Waals surface area contributed by atoms with Crippen molar-refractivity contribution in [2.75, 3.05) is 33.0 Å². The molecule has 1 atom stereocenters. The van der Waals surface area contributed by atoms with Crippen molar-refractivity contribution < 1.29 is 28.2 Å². The number of carboxylic acid groups (broad SMARTS) is 1. The highest BCUT2D eigenvalue weighted by Gasteiger charge is 2.33. The van der Waals surface area contributed by atoms with Crippen LogP contribution in [-0.4, -0.2) is 58.2 Å². The monoisotopic (exact) mass is 524 g/mol. The highest BCUT2D eigenvalue weighted by atomic mass is 19.1. The Morgan fingerprint density at radius 3 is 2.32 bits per heavy atom. The summed E-state index contributed by atoms with van der Waals surface area (Å²) in [5.74, 6) is 2.64. The molecule has 198 valence electrons. The fourth-order valence-corrected chi connectivity index (χ4v) is 4.49. The summed E-state index contributed by atoms with van der Waals surface area (Å²) in [6.45, 7) is 6.05. The third-order valence-electron chi connectivity index (χ3n) is 6.35. The first-order chi connectivity index (χ1) is 17.9. The van der Waals surface area contributed by atoms with Crippen molar-refractivity contribution in [3.8, 4) is 29.4 Å². The van der Waals surface area contributed by atoms with Gasteiger partial charge in [-0.05, 0) is 12.3 Å².